The first kappa shape index (κ1) is 16.2. The van der Waals surface area contributed by atoms with Crippen molar-refractivity contribution in [3.8, 4) is 0 Å². The summed E-state index contributed by atoms with van der Waals surface area (Å²) in [5.74, 6) is 0.999. The Morgan fingerprint density at radius 1 is 1.18 bits per heavy atom. The lowest BCUT2D eigenvalue weighted by Crippen LogP contribution is -2.45. The van der Waals surface area contributed by atoms with Crippen molar-refractivity contribution >= 4 is 6.03 Å². The van der Waals surface area contributed by atoms with E-state index in [2.05, 4.69) is 24.5 Å². The zero-order chi connectivity index (χ0) is 13.5. The largest absolute Gasteiger partial charge is 0.388 e. The topological polar surface area (TPSA) is 61.4 Å². The third kappa shape index (κ3) is 10.1. The molecule has 0 saturated carbocycles. The van der Waals surface area contributed by atoms with Gasteiger partial charge in [0.25, 0.3) is 0 Å². The van der Waals surface area contributed by atoms with E-state index < -0.39 is 5.60 Å². The lowest BCUT2D eigenvalue weighted by molar-refractivity contribution is 0.0476. The van der Waals surface area contributed by atoms with Gasteiger partial charge in [0.2, 0.25) is 0 Å². The van der Waals surface area contributed by atoms with Crippen LogP contribution in [-0.2, 0) is 0 Å². The summed E-state index contributed by atoms with van der Waals surface area (Å²) in [4.78, 5) is 11.4. The molecule has 0 aromatic carbocycles. The number of carbonyl (C=O) groups excluding carboxylic acids is 1. The van der Waals surface area contributed by atoms with Crippen molar-refractivity contribution in [2.45, 2.75) is 53.1 Å². The van der Waals surface area contributed by atoms with Gasteiger partial charge >= 0.3 is 6.03 Å². The molecule has 0 fully saturated rings. The van der Waals surface area contributed by atoms with Crippen LogP contribution in [0.25, 0.3) is 0 Å². The smallest absolute Gasteiger partial charge is 0.314 e. The van der Waals surface area contributed by atoms with Crippen molar-refractivity contribution in [2.24, 2.45) is 11.8 Å². The van der Waals surface area contributed by atoms with Crippen molar-refractivity contribution in [1.82, 2.24) is 10.6 Å². The van der Waals surface area contributed by atoms with Crippen molar-refractivity contribution in [2.75, 3.05) is 13.1 Å². The zero-order valence-corrected chi connectivity index (χ0v) is 11.8. The predicted molar refractivity (Wildman–Crippen MR) is 70.9 cm³/mol. The molecule has 0 aliphatic carbocycles. The molecule has 1 unspecified atom stereocenters. The fraction of sp³-hybridized carbons (Fsp3) is 0.923. The van der Waals surface area contributed by atoms with Gasteiger partial charge in [-0.05, 0) is 31.6 Å². The van der Waals surface area contributed by atoms with E-state index in [4.69, 9.17) is 0 Å². The minimum atomic E-state index is -0.820. The minimum Gasteiger partial charge on any atom is -0.388 e. The second-order valence-electron chi connectivity index (χ2n) is 5.89. The number of nitrogens with one attached hydrogen (secondary N) is 2. The maximum atomic E-state index is 11.4. The van der Waals surface area contributed by atoms with Crippen LogP contribution >= 0.6 is 0 Å². The van der Waals surface area contributed by atoms with Crippen LogP contribution in [0.2, 0.25) is 0 Å². The highest BCUT2D eigenvalue weighted by atomic mass is 16.3. The van der Waals surface area contributed by atoms with Gasteiger partial charge in [-0.15, -0.1) is 0 Å². The summed E-state index contributed by atoms with van der Waals surface area (Å²) in [5.41, 5.74) is -0.820. The molecule has 1 atom stereocenters. The number of amides is 2. The molecule has 0 radical (unpaired) electrons. The molecule has 102 valence electrons. The molecular formula is C13H28N2O2. The second kappa shape index (κ2) is 7.54. The molecule has 0 bridgehead atoms. The molecule has 4 nitrogen and oxygen atoms in total. The Morgan fingerprint density at radius 2 is 1.76 bits per heavy atom. The van der Waals surface area contributed by atoms with Crippen molar-refractivity contribution in [1.29, 1.82) is 0 Å². The van der Waals surface area contributed by atoms with E-state index in [-0.39, 0.29) is 6.03 Å². The van der Waals surface area contributed by atoms with Crippen LogP contribution in [0.3, 0.4) is 0 Å². The Balaban J connectivity index is 3.80. The van der Waals surface area contributed by atoms with Gasteiger partial charge in [-0.1, -0.05) is 27.7 Å². The van der Waals surface area contributed by atoms with Crippen LogP contribution in [-0.4, -0.2) is 29.8 Å². The molecule has 0 aromatic heterocycles. The lowest BCUT2D eigenvalue weighted by atomic mass is 9.95. The summed E-state index contributed by atoms with van der Waals surface area (Å²) < 4.78 is 0. The van der Waals surface area contributed by atoms with E-state index >= 15 is 0 Å². The van der Waals surface area contributed by atoms with Crippen LogP contribution in [0.4, 0.5) is 4.79 Å². The fourth-order valence-corrected chi connectivity index (χ4v) is 1.32. The van der Waals surface area contributed by atoms with E-state index in [0.29, 0.717) is 31.3 Å². The minimum absolute atomic E-state index is 0.205. The molecular weight excluding hydrogens is 216 g/mol. The van der Waals surface area contributed by atoms with Crippen LogP contribution in [0, 0.1) is 11.8 Å². The van der Waals surface area contributed by atoms with E-state index in [9.17, 15) is 9.90 Å². The van der Waals surface area contributed by atoms with Crippen LogP contribution in [0.5, 0.6) is 0 Å². The summed E-state index contributed by atoms with van der Waals surface area (Å²) >= 11 is 0. The Kier molecular flexibility index (Phi) is 7.19. The monoisotopic (exact) mass is 244 g/mol. The van der Waals surface area contributed by atoms with Crippen molar-refractivity contribution in [3.05, 3.63) is 0 Å². The first-order chi connectivity index (χ1) is 7.73. The van der Waals surface area contributed by atoms with Gasteiger partial charge < -0.3 is 15.7 Å². The van der Waals surface area contributed by atoms with Gasteiger partial charge in [0.1, 0.15) is 0 Å². The molecule has 0 saturated heterocycles. The average Bonchev–Trinajstić information content (AvgIpc) is 2.21. The highest BCUT2D eigenvalue weighted by molar-refractivity contribution is 5.73. The molecule has 0 heterocycles. The van der Waals surface area contributed by atoms with Gasteiger partial charge in [0, 0.05) is 13.1 Å². The van der Waals surface area contributed by atoms with Gasteiger partial charge in [0.05, 0.1) is 5.60 Å². The number of hydrogen-bond acceptors (Lipinski definition) is 2. The standard InChI is InChI=1S/C13H28N2O2/c1-10(2)6-7-13(5,17)9-15-12(16)14-8-11(3)4/h10-11,17H,6-9H2,1-5H3,(H2,14,15,16). The molecule has 2 amide bonds. The summed E-state index contributed by atoms with van der Waals surface area (Å²) in [5, 5.41) is 15.5. The van der Waals surface area contributed by atoms with Crippen molar-refractivity contribution < 1.29 is 9.90 Å². The van der Waals surface area contributed by atoms with E-state index in [1.54, 1.807) is 6.92 Å². The van der Waals surface area contributed by atoms with Crippen molar-refractivity contribution in [3.63, 3.8) is 0 Å². The molecule has 0 aliphatic rings. The third-order valence-electron chi connectivity index (χ3n) is 2.56. The number of aliphatic hydroxyl groups is 1. The fourth-order valence-electron chi connectivity index (χ4n) is 1.32. The summed E-state index contributed by atoms with van der Waals surface area (Å²) in [6.07, 6.45) is 1.66. The summed E-state index contributed by atoms with van der Waals surface area (Å²) in [7, 11) is 0. The zero-order valence-electron chi connectivity index (χ0n) is 11.8. The Morgan fingerprint density at radius 3 is 2.24 bits per heavy atom. The highest BCUT2D eigenvalue weighted by Gasteiger charge is 2.21. The molecule has 0 aliphatic heterocycles. The number of rotatable bonds is 7. The lowest BCUT2D eigenvalue weighted by Gasteiger charge is -2.24. The van der Waals surface area contributed by atoms with E-state index in [0.717, 1.165) is 6.42 Å². The van der Waals surface area contributed by atoms with E-state index in [1.807, 2.05) is 13.8 Å². The molecule has 0 aromatic rings. The van der Waals surface area contributed by atoms with Gasteiger partial charge in [-0.3, -0.25) is 0 Å². The predicted octanol–water partition coefficient (Wildman–Crippen LogP) is 2.13. The number of hydrogen-bond donors (Lipinski definition) is 3. The summed E-state index contributed by atoms with van der Waals surface area (Å²) in [6, 6.07) is -0.205. The van der Waals surface area contributed by atoms with E-state index in [1.165, 1.54) is 0 Å². The Labute approximate surface area is 105 Å². The maximum absolute atomic E-state index is 11.4. The second-order valence-corrected chi connectivity index (χ2v) is 5.89. The molecule has 17 heavy (non-hydrogen) atoms. The third-order valence-corrected chi connectivity index (χ3v) is 2.56. The molecule has 4 heteroatoms. The van der Waals surface area contributed by atoms with Gasteiger partial charge in [-0.25, -0.2) is 4.79 Å². The molecule has 0 spiro atoms. The Bertz CT molecular complexity index is 225. The molecule has 0 rings (SSSR count). The van der Waals surface area contributed by atoms with Crippen LogP contribution < -0.4 is 10.6 Å². The Hall–Kier alpha value is -0.770. The molecule has 3 N–H and O–H groups in total. The SMILES string of the molecule is CC(C)CCC(C)(O)CNC(=O)NCC(C)C. The summed E-state index contributed by atoms with van der Waals surface area (Å²) in [6.45, 7) is 11.0. The average molecular weight is 244 g/mol. The maximum Gasteiger partial charge on any atom is 0.314 e. The normalized spacial score (nSPS) is 14.8. The number of urea groups is 1. The highest BCUT2D eigenvalue weighted by Crippen LogP contribution is 2.15. The first-order valence-corrected chi connectivity index (χ1v) is 6.47. The quantitative estimate of drug-likeness (QED) is 0.642. The van der Waals surface area contributed by atoms with Gasteiger partial charge in [-0.2, -0.15) is 0 Å². The van der Waals surface area contributed by atoms with Crippen LogP contribution in [0.15, 0.2) is 0 Å². The number of carbonyl (C=O) groups is 1. The first-order valence-electron chi connectivity index (χ1n) is 6.47. The van der Waals surface area contributed by atoms with Gasteiger partial charge in [0.15, 0.2) is 0 Å². The van der Waals surface area contributed by atoms with Crippen LogP contribution in [0.1, 0.15) is 47.5 Å².